The molecule has 0 unspecified atom stereocenters. The second kappa shape index (κ2) is 7.05. The summed E-state index contributed by atoms with van der Waals surface area (Å²) in [5, 5.41) is 37.8. The molecule has 0 atom stereocenters. The van der Waals surface area contributed by atoms with Crippen molar-refractivity contribution in [3.63, 3.8) is 0 Å². The minimum Gasteiger partial charge on any atom is -0.392 e. The number of aliphatic hydroxyl groups excluding tert-OH is 3. The smallest absolute Gasteiger partial charge is 0.132 e. The highest BCUT2D eigenvalue weighted by Crippen LogP contribution is 2.38. The minimum atomic E-state index is -0.303. The number of hydrogen-bond acceptors (Lipinski definition) is 5. The zero-order valence-corrected chi connectivity index (χ0v) is 13.3. The van der Waals surface area contributed by atoms with E-state index < -0.39 is 0 Å². The lowest BCUT2D eigenvalue weighted by molar-refractivity contribution is 0.248. The van der Waals surface area contributed by atoms with E-state index in [-0.39, 0.29) is 26.4 Å². The Kier molecular flexibility index (Phi) is 5.34. The van der Waals surface area contributed by atoms with E-state index in [0.717, 1.165) is 0 Å². The molecular formula is C15H16BrN3O3. The Hall–Kier alpha value is -1.69. The van der Waals surface area contributed by atoms with Gasteiger partial charge in [-0.3, -0.25) is 0 Å². The Morgan fingerprint density at radius 3 is 2.32 bits per heavy atom. The van der Waals surface area contributed by atoms with E-state index in [1.54, 1.807) is 12.1 Å². The molecule has 0 saturated heterocycles. The van der Waals surface area contributed by atoms with E-state index in [1.807, 2.05) is 6.07 Å². The molecule has 6 N–H and O–H groups in total. The summed E-state index contributed by atoms with van der Waals surface area (Å²) in [5.41, 5.74) is 9.61. The molecule has 116 valence electrons. The summed E-state index contributed by atoms with van der Waals surface area (Å²) in [6.45, 7) is -0.644. The van der Waals surface area contributed by atoms with Crippen LogP contribution in [-0.2, 0) is 26.4 Å². The van der Waals surface area contributed by atoms with Gasteiger partial charge in [-0.2, -0.15) is 5.26 Å². The fourth-order valence-electron chi connectivity index (χ4n) is 2.54. The number of nitrogens with two attached hydrogens (primary N) is 1. The Bertz CT molecular complexity index is 735. The van der Waals surface area contributed by atoms with Crippen LogP contribution in [0.4, 0.5) is 0 Å². The highest BCUT2D eigenvalue weighted by Gasteiger charge is 2.21. The van der Waals surface area contributed by atoms with Crippen LogP contribution >= 0.6 is 15.9 Å². The van der Waals surface area contributed by atoms with E-state index in [9.17, 15) is 15.3 Å². The normalized spacial score (nSPS) is 10.7. The van der Waals surface area contributed by atoms with Gasteiger partial charge < -0.3 is 26.0 Å². The number of aromatic amines is 1. The van der Waals surface area contributed by atoms with Gasteiger partial charge in [-0.15, -0.1) is 0 Å². The maximum atomic E-state index is 9.72. The molecule has 0 aliphatic heterocycles. The summed E-state index contributed by atoms with van der Waals surface area (Å²) >= 11 is 3.38. The highest BCUT2D eigenvalue weighted by molar-refractivity contribution is 9.10. The van der Waals surface area contributed by atoms with Crippen molar-refractivity contribution in [1.29, 1.82) is 5.26 Å². The molecule has 1 heterocycles. The van der Waals surface area contributed by atoms with Crippen LogP contribution in [0.2, 0.25) is 0 Å². The molecule has 0 spiro atoms. The molecule has 22 heavy (non-hydrogen) atoms. The number of nitrogens with zero attached hydrogens (tertiary/aromatic N) is 1. The fraction of sp³-hybridized carbons (Fsp3) is 0.267. The Balaban J connectivity index is 2.79. The lowest BCUT2D eigenvalue weighted by atomic mass is 9.92. The van der Waals surface area contributed by atoms with E-state index in [1.165, 1.54) is 0 Å². The summed E-state index contributed by atoms with van der Waals surface area (Å²) < 4.78 is 0.561. The lowest BCUT2D eigenvalue weighted by Crippen LogP contribution is -2.05. The zero-order chi connectivity index (χ0) is 16.3. The molecule has 2 rings (SSSR count). The van der Waals surface area contributed by atoms with Crippen LogP contribution in [-0.4, -0.2) is 20.3 Å². The van der Waals surface area contributed by atoms with Gasteiger partial charge in [0.1, 0.15) is 11.8 Å². The summed E-state index contributed by atoms with van der Waals surface area (Å²) in [4.78, 5) is 2.94. The second-order valence-electron chi connectivity index (χ2n) is 4.69. The molecule has 1 aromatic heterocycles. The molecular weight excluding hydrogens is 350 g/mol. The van der Waals surface area contributed by atoms with Crippen LogP contribution in [0.3, 0.4) is 0 Å². The Morgan fingerprint density at radius 2 is 1.82 bits per heavy atom. The number of benzene rings is 1. The van der Waals surface area contributed by atoms with Gasteiger partial charge in [0.2, 0.25) is 0 Å². The van der Waals surface area contributed by atoms with E-state index in [2.05, 4.69) is 20.9 Å². The Morgan fingerprint density at radius 1 is 1.14 bits per heavy atom. The molecule has 0 radical (unpaired) electrons. The number of H-pyrrole nitrogens is 1. The molecule has 0 fully saturated rings. The second-order valence-corrected chi connectivity index (χ2v) is 5.48. The molecule has 1 aromatic carbocycles. The lowest BCUT2D eigenvalue weighted by Gasteiger charge is -2.16. The number of halogens is 1. The van der Waals surface area contributed by atoms with Gasteiger partial charge in [0.15, 0.2) is 0 Å². The van der Waals surface area contributed by atoms with Gasteiger partial charge in [-0.25, -0.2) is 0 Å². The number of nitriles is 1. The predicted octanol–water partition coefficient (Wildman–Crippen LogP) is 1.25. The average Bonchev–Trinajstić information content (AvgIpc) is 2.88. The first-order valence-electron chi connectivity index (χ1n) is 6.59. The van der Waals surface area contributed by atoms with Crippen LogP contribution in [0.1, 0.15) is 28.1 Å². The molecule has 2 aromatic rings. The first-order valence-corrected chi connectivity index (χ1v) is 7.39. The summed E-state index contributed by atoms with van der Waals surface area (Å²) in [5.74, 6) is 0. The van der Waals surface area contributed by atoms with Crippen molar-refractivity contribution in [2.75, 3.05) is 0 Å². The molecule has 6 nitrogen and oxygen atoms in total. The fourth-order valence-corrected chi connectivity index (χ4v) is 3.18. The van der Waals surface area contributed by atoms with Crippen molar-refractivity contribution in [2.45, 2.75) is 26.4 Å². The number of rotatable bonds is 5. The third-order valence-corrected chi connectivity index (χ3v) is 4.41. The van der Waals surface area contributed by atoms with Crippen molar-refractivity contribution in [1.82, 2.24) is 4.98 Å². The van der Waals surface area contributed by atoms with Gasteiger partial charge in [0, 0.05) is 17.8 Å². The molecule has 0 saturated carbocycles. The van der Waals surface area contributed by atoms with E-state index in [4.69, 9.17) is 11.0 Å². The van der Waals surface area contributed by atoms with Gasteiger partial charge in [0.05, 0.1) is 24.3 Å². The van der Waals surface area contributed by atoms with Gasteiger partial charge >= 0.3 is 0 Å². The van der Waals surface area contributed by atoms with Crippen molar-refractivity contribution in [3.8, 4) is 17.2 Å². The number of nitrogens with one attached hydrogen (secondary N) is 1. The van der Waals surface area contributed by atoms with Crippen molar-refractivity contribution >= 4 is 15.9 Å². The molecule has 0 aliphatic rings. The van der Waals surface area contributed by atoms with Gasteiger partial charge in [0.25, 0.3) is 0 Å². The van der Waals surface area contributed by atoms with Crippen LogP contribution in [0.5, 0.6) is 0 Å². The molecule has 0 aliphatic carbocycles. The number of aliphatic hydroxyl groups is 3. The largest absolute Gasteiger partial charge is 0.392 e. The molecule has 7 heteroatoms. The summed E-state index contributed by atoms with van der Waals surface area (Å²) in [7, 11) is 0. The topological polar surface area (TPSA) is 126 Å². The molecule has 0 bridgehead atoms. The van der Waals surface area contributed by atoms with Crippen LogP contribution in [0, 0.1) is 11.3 Å². The van der Waals surface area contributed by atoms with Crippen molar-refractivity contribution < 1.29 is 15.3 Å². The monoisotopic (exact) mass is 365 g/mol. The summed E-state index contributed by atoms with van der Waals surface area (Å²) in [6, 6.07) is 5.47. The number of hydrogen-bond donors (Lipinski definition) is 5. The van der Waals surface area contributed by atoms with Crippen LogP contribution in [0.25, 0.3) is 11.1 Å². The third-order valence-electron chi connectivity index (χ3n) is 3.62. The minimum absolute atomic E-state index is 0.191. The zero-order valence-electron chi connectivity index (χ0n) is 11.7. The van der Waals surface area contributed by atoms with Gasteiger partial charge in [-0.1, -0.05) is 12.1 Å². The average molecular weight is 366 g/mol. The first-order chi connectivity index (χ1) is 10.6. The van der Waals surface area contributed by atoms with Crippen LogP contribution in [0.15, 0.2) is 16.6 Å². The van der Waals surface area contributed by atoms with E-state index in [0.29, 0.717) is 43.7 Å². The maximum absolute atomic E-state index is 9.72. The maximum Gasteiger partial charge on any atom is 0.132 e. The predicted molar refractivity (Wildman–Crippen MR) is 84.3 cm³/mol. The Labute approximate surface area is 136 Å². The quantitative estimate of drug-likeness (QED) is 0.545. The van der Waals surface area contributed by atoms with Crippen molar-refractivity contribution in [3.05, 3.63) is 44.7 Å². The standard InChI is InChI=1S/C15H16BrN3O3/c16-15-13(4-18)19-12(3-17)14(15)9-2-1-8(5-20)10(6-21)11(9)7-22/h1-2,19-22H,3,5-7,17H2. The SMILES string of the molecule is N#Cc1[nH]c(CN)c(-c2ccc(CO)c(CO)c2CO)c1Br. The number of aromatic nitrogens is 1. The first kappa shape index (κ1) is 16.7. The molecule has 0 amide bonds. The van der Waals surface area contributed by atoms with Gasteiger partial charge in [-0.05, 0) is 38.2 Å². The van der Waals surface area contributed by atoms with Crippen molar-refractivity contribution in [2.24, 2.45) is 5.73 Å². The van der Waals surface area contributed by atoms with Crippen LogP contribution < -0.4 is 5.73 Å². The third kappa shape index (κ3) is 2.67. The highest BCUT2D eigenvalue weighted by atomic mass is 79.9. The summed E-state index contributed by atoms with van der Waals surface area (Å²) in [6.07, 6.45) is 0. The van der Waals surface area contributed by atoms with E-state index >= 15 is 0 Å².